The van der Waals surface area contributed by atoms with Crippen LogP contribution in [0.4, 0.5) is 22.0 Å². The van der Waals surface area contributed by atoms with E-state index in [0.29, 0.717) is 25.9 Å². The number of ether oxygens (including phenoxy) is 2. The molecule has 0 fully saturated rings. The molecule has 4 nitrogen and oxygen atoms in total. The maximum absolute atomic E-state index is 13.5. The van der Waals surface area contributed by atoms with Crippen molar-refractivity contribution in [2.24, 2.45) is 0 Å². The lowest BCUT2D eigenvalue weighted by Gasteiger charge is -2.09. The lowest BCUT2D eigenvalue weighted by Crippen LogP contribution is -2.11. The zero-order valence-corrected chi connectivity index (χ0v) is 18.4. The van der Waals surface area contributed by atoms with Gasteiger partial charge in [-0.3, -0.25) is 9.59 Å². The molecule has 32 heavy (non-hydrogen) atoms. The summed E-state index contributed by atoms with van der Waals surface area (Å²) in [4.78, 5) is 23.3. The Kier molecular flexibility index (Phi) is 13.6. The molecule has 0 spiro atoms. The SMILES string of the molecule is CCCCCCCCCOC(=O)CCCCCC(=O)OCc1c(F)c(F)c(F)c(F)c1F. The average molecular weight is 466 g/mol. The van der Waals surface area contributed by atoms with Crippen LogP contribution in [0.3, 0.4) is 0 Å². The van der Waals surface area contributed by atoms with Gasteiger partial charge in [-0.05, 0) is 19.3 Å². The van der Waals surface area contributed by atoms with Gasteiger partial charge in [0, 0.05) is 12.8 Å². The molecule has 0 aromatic heterocycles. The minimum absolute atomic E-state index is 0.109. The summed E-state index contributed by atoms with van der Waals surface area (Å²) in [5.41, 5.74) is -1.20. The summed E-state index contributed by atoms with van der Waals surface area (Å²) >= 11 is 0. The second-order valence-corrected chi connectivity index (χ2v) is 7.61. The number of unbranched alkanes of at least 4 members (excludes halogenated alkanes) is 8. The second kappa shape index (κ2) is 15.6. The smallest absolute Gasteiger partial charge is 0.306 e. The summed E-state index contributed by atoms with van der Waals surface area (Å²) in [6.07, 6.45) is 9.38. The zero-order valence-electron chi connectivity index (χ0n) is 18.4. The fraction of sp³-hybridized carbons (Fsp3) is 0.652. The number of rotatable bonds is 16. The van der Waals surface area contributed by atoms with Crippen molar-refractivity contribution in [3.8, 4) is 0 Å². The topological polar surface area (TPSA) is 52.6 Å². The number of halogens is 5. The van der Waals surface area contributed by atoms with Crippen LogP contribution in [0, 0.1) is 29.1 Å². The van der Waals surface area contributed by atoms with Crippen molar-refractivity contribution in [3.05, 3.63) is 34.6 Å². The molecule has 0 saturated carbocycles. The normalized spacial score (nSPS) is 10.9. The number of benzene rings is 1. The highest BCUT2D eigenvalue weighted by atomic mass is 19.2. The summed E-state index contributed by atoms with van der Waals surface area (Å²) < 4.78 is 76.0. The summed E-state index contributed by atoms with van der Waals surface area (Å²) in [5, 5.41) is 0. The first kappa shape index (κ1) is 27.8. The van der Waals surface area contributed by atoms with Gasteiger partial charge < -0.3 is 9.47 Å². The Morgan fingerprint density at radius 1 is 0.594 bits per heavy atom. The number of carbonyl (C=O) groups excluding carboxylic acids is 2. The van der Waals surface area contributed by atoms with Gasteiger partial charge in [0.05, 0.1) is 12.2 Å². The standard InChI is InChI=1S/C23H31F5O4/c1-2-3-4-5-6-7-11-14-31-17(29)12-9-8-10-13-18(30)32-15-16-19(24)21(26)23(28)22(27)20(16)25/h2-15H2,1H3. The highest BCUT2D eigenvalue weighted by Gasteiger charge is 2.26. The van der Waals surface area contributed by atoms with Crippen LogP contribution >= 0.6 is 0 Å². The molecular formula is C23H31F5O4. The molecule has 0 atom stereocenters. The van der Waals surface area contributed by atoms with Crippen molar-refractivity contribution >= 4 is 11.9 Å². The average Bonchev–Trinajstić information content (AvgIpc) is 2.77. The first-order valence-electron chi connectivity index (χ1n) is 11.1. The number of carbonyl (C=O) groups is 2. The Morgan fingerprint density at radius 2 is 1.03 bits per heavy atom. The van der Waals surface area contributed by atoms with Gasteiger partial charge in [-0.25, -0.2) is 22.0 Å². The molecule has 0 heterocycles. The second-order valence-electron chi connectivity index (χ2n) is 7.61. The van der Waals surface area contributed by atoms with Crippen molar-refractivity contribution in [1.82, 2.24) is 0 Å². The Labute approximate surface area is 185 Å². The van der Waals surface area contributed by atoms with E-state index in [0.717, 1.165) is 19.3 Å². The molecule has 1 rings (SSSR count). The predicted octanol–water partition coefficient (Wildman–Crippen LogP) is 6.67. The third kappa shape index (κ3) is 9.96. The molecule has 0 aliphatic carbocycles. The van der Waals surface area contributed by atoms with Gasteiger partial charge in [-0.15, -0.1) is 0 Å². The van der Waals surface area contributed by atoms with Crippen molar-refractivity contribution in [3.63, 3.8) is 0 Å². The highest BCUT2D eigenvalue weighted by molar-refractivity contribution is 5.70. The molecule has 0 amide bonds. The van der Waals surface area contributed by atoms with Gasteiger partial charge in [-0.1, -0.05) is 51.9 Å². The first-order chi connectivity index (χ1) is 15.3. The van der Waals surface area contributed by atoms with E-state index in [1.807, 2.05) is 0 Å². The molecular weight excluding hydrogens is 435 g/mol. The number of hydrogen-bond donors (Lipinski definition) is 0. The van der Waals surface area contributed by atoms with Crippen LogP contribution in [-0.4, -0.2) is 18.5 Å². The monoisotopic (exact) mass is 466 g/mol. The molecule has 0 bridgehead atoms. The molecule has 182 valence electrons. The molecule has 0 aliphatic heterocycles. The molecule has 0 aliphatic rings. The molecule has 1 aromatic carbocycles. The predicted molar refractivity (Wildman–Crippen MR) is 108 cm³/mol. The van der Waals surface area contributed by atoms with Gasteiger partial charge in [-0.2, -0.15) is 0 Å². The summed E-state index contributed by atoms with van der Waals surface area (Å²) in [6, 6.07) is 0. The van der Waals surface area contributed by atoms with Crippen LogP contribution in [0.5, 0.6) is 0 Å². The summed E-state index contributed by atoms with van der Waals surface area (Å²) in [5.74, 6) is -11.6. The van der Waals surface area contributed by atoms with Crippen molar-refractivity contribution < 1.29 is 41.0 Å². The fourth-order valence-electron chi connectivity index (χ4n) is 3.03. The van der Waals surface area contributed by atoms with E-state index in [-0.39, 0.29) is 18.8 Å². The van der Waals surface area contributed by atoms with Gasteiger partial charge in [0.1, 0.15) is 6.61 Å². The lowest BCUT2D eigenvalue weighted by atomic mass is 10.1. The Balaban J connectivity index is 2.13. The minimum Gasteiger partial charge on any atom is -0.466 e. The number of hydrogen-bond acceptors (Lipinski definition) is 4. The number of esters is 2. The van der Waals surface area contributed by atoms with Crippen LogP contribution in [0.2, 0.25) is 0 Å². The van der Waals surface area contributed by atoms with Gasteiger partial charge >= 0.3 is 11.9 Å². The fourth-order valence-corrected chi connectivity index (χ4v) is 3.03. The molecule has 0 N–H and O–H groups in total. The molecule has 0 saturated heterocycles. The first-order valence-corrected chi connectivity index (χ1v) is 11.1. The van der Waals surface area contributed by atoms with E-state index < -0.39 is 47.2 Å². The molecule has 0 unspecified atom stereocenters. The van der Waals surface area contributed by atoms with Crippen LogP contribution in [0.1, 0.15) is 89.5 Å². The Bertz CT molecular complexity index is 711. The van der Waals surface area contributed by atoms with Crippen molar-refractivity contribution in [2.75, 3.05) is 6.61 Å². The van der Waals surface area contributed by atoms with E-state index in [9.17, 15) is 31.5 Å². The Hall–Kier alpha value is -2.19. The van der Waals surface area contributed by atoms with E-state index in [4.69, 9.17) is 4.74 Å². The summed E-state index contributed by atoms with van der Waals surface area (Å²) in [6.45, 7) is 1.50. The molecule has 9 heteroatoms. The van der Waals surface area contributed by atoms with Crippen LogP contribution < -0.4 is 0 Å². The minimum atomic E-state index is -2.27. The van der Waals surface area contributed by atoms with Crippen LogP contribution in [-0.2, 0) is 25.7 Å². The van der Waals surface area contributed by atoms with E-state index in [1.54, 1.807) is 0 Å². The molecule has 0 radical (unpaired) electrons. The van der Waals surface area contributed by atoms with Crippen molar-refractivity contribution in [2.45, 2.75) is 90.6 Å². The quantitative estimate of drug-likeness (QED) is 0.0898. The van der Waals surface area contributed by atoms with E-state index >= 15 is 0 Å². The maximum Gasteiger partial charge on any atom is 0.306 e. The third-order valence-corrected chi connectivity index (χ3v) is 4.95. The van der Waals surface area contributed by atoms with Crippen LogP contribution in [0.15, 0.2) is 0 Å². The third-order valence-electron chi connectivity index (χ3n) is 4.95. The van der Waals surface area contributed by atoms with E-state index in [1.165, 1.54) is 25.7 Å². The molecule has 1 aromatic rings. The van der Waals surface area contributed by atoms with Gasteiger partial charge in [0.25, 0.3) is 0 Å². The Morgan fingerprint density at radius 3 is 1.59 bits per heavy atom. The maximum atomic E-state index is 13.5. The van der Waals surface area contributed by atoms with Gasteiger partial charge in [0.2, 0.25) is 5.82 Å². The lowest BCUT2D eigenvalue weighted by molar-refractivity contribution is -0.145. The van der Waals surface area contributed by atoms with E-state index in [2.05, 4.69) is 11.7 Å². The van der Waals surface area contributed by atoms with Crippen molar-refractivity contribution in [1.29, 1.82) is 0 Å². The van der Waals surface area contributed by atoms with Gasteiger partial charge in [0.15, 0.2) is 23.3 Å². The summed E-state index contributed by atoms with van der Waals surface area (Å²) in [7, 11) is 0. The zero-order chi connectivity index (χ0) is 23.9. The highest BCUT2D eigenvalue weighted by Crippen LogP contribution is 2.23. The largest absolute Gasteiger partial charge is 0.466 e. The van der Waals surface area contributed by atoms with Crippen LogP contribution in [0.25, 0.3) is 0 Å².